The molecule has 0 aromatic carbocycles. The average molecular weight is 447 g/mol. The number of pyridine rings is 1. The lowest BCUT2D eigenvalue weighted by Gasteiger charge is -2.42. The number of nitrogens with one attached hydrogen (secondary N) is 3. The van der Waals surface area contributed by atoms with Crippen LogP contribution in [0, 0.1) is 0 Å². The monoisotopic (exact) mass is 446 g/mol. The highest BCUT2D eigenvalue weighted by Crippen LogP contribution is 2.40. The Labute approximate surface area is 193 Å². The molecule has 3 aromatic rings. The van der Waals surface area contributed by atoms with Gasteiger partial charge in [0.15, 0.2) is 0 Å². The van der Waals surface area contributed by atoms with E-state index in [9.17, 15) is 4.79 Å². The van der Waals surface area contributed by atoms with Crippen molar-refractivity contribution in [3.05, 3.63) is 36.3 Å². The van der Waals surface area contributed by atoms with Crippen LogP contribution < -0.4 is 20.9 Å². The zero-order valence-corrected chi connectivity index (χ0v) is 19.0. The molecule has 9 nitrogen and oxygen atoms in total. The predicted octanol–water partition coefficient (Wildman–Crippen LogP) is 2.77. The van der Waals surface area contributed by atoms with E-state index in [0.29, 0.717) is 30.0 Å². The Morgan fingerprint density at radius 2 is 2.03 bits per heavy atom. The maximum atomic E-state index is 12.6. The molecular formula is C24H30N8O. The molecule has 172 valence electrons. The van der Waals surface area contributed by atoms with Gasteiger partial charge < -0.3 is 25.4 Å². The zero-order chi connectivity index (χ0) is 22.4. The summed E-state index contributed by atoms with van der Waals surface area (Å²) in [6.07, 6.45) is 9.42. The van der Waals surface area contributed by atoms with Crippen LogP contribution in [0.15, 0.2) is 30.6 Å². The highest BCUT2D eigenvalue weighted by molar-refractivity contribution is 5.99. The van der Waals surface area contributed by atoms with Crippen molar-refractivity contribution in [2.75, 3.05) is 36.4 Å². The van der Waals surface area contributed by atoms with Crippen LogP contribution >= 0.6 is 0 Å². The Morgan fingerprint density at radius 3 is 2.82 bits per heavy atom. The molecule has 9 heteroatoms. The van der Waals surface area contributed by atoms with Gasteiger partial charge in [-0.05, 0) is 38.0 Å². The minimum Gasteiger partial charge on any atom is -0.367 e. The molecule has 33 heavy (non-hydrogen) atoms. The minimum absolute atomic E-state index is 0.0294. The van der Waals surface area contributed by atoms with E-state index >= 15 is 0 Å². The summed E-state index contributed by atoms with van der Waals surface area (Å²) in [7, 11) is 0. The van der Waals surface area contributed by atoms with Crippen LogP contribution in [-0.2, 0) is 5.54 Å². The van der Waals surface area contributed by atoms with Crippen LogP contribution in [0.25, 0.3) is 11.0 Å². The van der Waals surface area contributed by atoms with E-state index in [1.807, 2.05) is 18.3 Å². The van der Waals surface area contributed by atoms with Gasteiger partial charge in [0.2, 0.25) is 5.95 Å². The van der Waals surface area contributed by atoms with Gasteiger partial charge in [0, 0.05) is 43.8 Å². The summed E-state index contributed by atoms with van der Waals surface area (Å²) in [5.41, 5.74) is 2.55. The molecule has 1 unspecified atom stereocenters. The molecule has 5 heterocycles. The van der Waals surface area contributed by atoms with Crippen LogP contribution in [0.3, 0.4) is 0 Å². The molecule has 1 atom stereocenters. The summed E-state index contributed by atoms with van der Waals surface area (Å²) < 4.78 is 2.19. The number of anilines is 3. The third-order valence-corrected chi connectivity index (χ3v) is 7.33. The molecule has 2 aliphatic heterocycles. The van der Waals surface area contributed by atoms with Crippen LogP contribution in [-0.4, -0.2) is 57.6 Å². The first-order chi connectivity index (χ1) is 16.1. The summed E-state index contributed by atoms with van der Waals surface area (Å²) in [5.74, 6) is 1.17. The predicted molar refractivity (Wildman–Crippen MR) is 128 cm³/mol. The number of carbonyl (C=O) groups is 1. The highest BCUT2D eigenvalue weighted by atomic mass is 16.2. The highest BCUT2D eigenvalue weighted by Gasteiger charge is 2.41. The molecule has 0 bridgehead atoms. The van der Waals surface area contributed by atoms with Crippen molar-refractivity contribution in [1.82, 2.24) is 30.2 Å². The second-order valence-corrected chi connectivity index (χ2v) is 9.63. The Bertz CT molecular complexity index is 1180. The SMILES string of the molecule is CC1CN(c2ccc(Nc3ncc4cc5n(c4n3)C3(CCCCC3)CNC5=O)nc2)CCN1. The summed E-state index contributed by atoms with van der Waals surface area (Å²) in [6, 6.07) is 6.45. The van der Waals surface area contributed by atoms with Gasteiger partial charge >= 0.3 is 0 Å². The van der Waals surface area contributed by atoms with Crippen molar-refractivity contribution >= 4 is 34.4 Å². The molecule has 1 saturated heterocycles. The van der Waals surface area contributed by atoms with Crippen molar-refractivity contribution in [2.24, 2.45) is 0 Å². The molecule has 3 N–H and O–H groups in total. The van der Waals surface area contributed by atoms with Gasteiger partial charge in [-0.15, -0.1) is 0 Å². The third kappa shape index (κ3) is 3.60. The second-order valence-electron chi connectivity index (χ2n) is 9.63. The number of nitrogens with zero attached hydrogens (tertiary/aromatic N) is 5. The first-order valence-corrected chi connectivity index (χ1v) is 12.0. The number of fused-ring (bicyclic) bond motifs is 4. The molecule has 1 spiro atoms. The summed E-state index contributed by atoms with van der Waals surface area (Å²) in [6.45, 7) is 5.81. The lowest BCUT2D eigenvalue weighted by molar-refractivity contribution is 0.0833. The Balaban J connectivity index is 1.30. The number of piperazine rings is 1. The Kier molecular flexibility index (Phi) is 4.94. The van der Waals surface area contributed by atoms with Crippen LogP contribution in [0.1, 0.15) is 49.5 Å². The molecule has 3 aromatic heterocycles. The lowest BCUT2D eigenvalue weighted by Crippen LogP contribution is -2.52. The lowest BCUT2D eigenvalue weighted by atomic mass is 9.80. The smallest absolute Gasteiger partial charge is 0.268 e. The fourth-order valence-corrected chi connectivity index (χ4v) is 5.65. The third-order valence-electron chi connectivity index (χ3n) is 7.33. The standard InChI is InChI=1S/C24H30N8O/c1-16-14-31(10-9-25-16)18-5-6-20(26-13-18)29-23-27-12-17-11-19-22(33)28-15-24(7-3-2-4-8-24)32(19)21(17)30-23/h5-6,11-13,16,25H,2-4,7-10,14-15H2,1H3,(H,28,33)(H,26,27,29,30). The molecule has 2 fully saturated rings. The number of hydrogen-bond acceptors (Lipinski definition) is 7. The van der Waals surface area contributed by atoms with Crippen molar-refractivity contribution in [2.45, 2.75) is 50.6 Å². The second kappa shape index (κ2) is 7.98. The topological polar surface area (TPSA) is 100 Å². The van der Waals surface area contributed by atoms with Gasteiger partial charge in [-0.3, -0.25) is 4.79 Å². The van der Waals surface area contributed by atoms with Crippen molar-refractivity contribution in [3.63, 3.8) is 0 Å². The van der Waals surface area contributed by atoms with E-state index in [2.05, 4.69) is 48.4 Å². The van der Waals surface area contributed by atoms with E-state index in [4.69, 9.17) is 4.98 Å². The molecule has 0 radical (unpaired) electrons. The van der Waals surface area contributed by atoms with Gasteiger partial charge in [0.25, 0.3) is 5.91 Å². The first-order valence-electron chi connectivity index (χ1n) is 12.0. The summed E-state index contributed by atoms with van der Waals surface area (Å²) in [5, 5.41) is 10.7. The largest absolute Gasteiger partial charge is 0.367 e. The van der Waals surface area contributed by atoms with Crippen molar-refractivity contribution in [3.8, 4) is 0 Å². The molecule has 6 rings (SSSR count). The molecule has 1 amide bonds. The van der Waals surface area contributed by atoms with E-state index in [-0.39, 0.29) is 11.4 Å². The van der Waals surface area contributed by atoms with Gasteiger partial charge in [-0.2, -0.15) is 4.98 Å². The number of aromatic nitrogens is 4. The van der Waals surface area contributed by atoms with Crippen LogP contribution in [0.2, 0.25) is 0 Å². The van der Waals surface area contributed by atoms with Gasteiger partial charge in [-0.25, -0.2) is 9.97 Å². The fraction of sp³-hybridized carbons (Fsp3) is 0.500. The summed E-state index contributed by atoms with van der Waals surface area (Å²) in [4.78, 5) is 28.9. The first kappa shape index (κ1) is 20.4. The number of amides is 1. The molecular weight excluding hydrogens is 416 g/mol. The van der Waals surface area contributed by atoms with Crippen molar-refractivity contribution in [1.29, 1.82) is 0 Å². The molecule has 1 saturated carbocycles. The van der Waals surface area contributed by atoms with Gasteiger partial charge in [0.1, 0.15) is 17.2 Å². The van der Waals surface area contributed by atoms with Gasteiger partial charge in [-0.1, -0.05) is 19.3 Å². The quantitative estimate of drug-likeness (QED) is 0.569. The maximum Gasteiger partial charge on any atom is 0.268 e. The normalized spacial score (nSPS) is 22.3. The number of hydrogen-bond donors (Lipinski definition) is 3. The number of carbonyl (C=O) groups excluding carboxylic acids is 1. The van der Waals surface area contributed by atoms with Crippen LogP contribution in [0.5, 0.6) is 0 Å². The van der Waals surface area contributed by atoms with Gasteiger partial charge in [0.05, 0.1) is 17.4 Å². The fourth-order valence-electron chi connectivity index (χ4n) is 5.65. The zero-order valence-electron chi connectivity index (χ0n) is 19.0. The van der Waals surface area contributed by atoms with E-state index < -0.39 is 0 Å². The van der Waals surface area contributed by atoms with E-state index in [1.54, 1.807) is 6.20 Å². The van der Waals surface area contributed by atoms with E-state index in [1.165, 1.54) is 19.3 Å². The average Bonchev–Trinajstić information content (AvgIpc) is 3.24. The van der Waals surface area contributed by atoms with E-state index in [0.717, 1.165) is 49.2 Å². The van der Waals surface area contributed by atoms with Crippen LogP contribution in [0.4, 0.5) is 17.5 Å². The Morgan fingerprint density at radius 1 is 1.15 bits per heavy atom. The van der Waals surface area contributed by atoms with Crippen molar-refractivity contribution < 1.29 is 4.79 Å². The Hall–Kier alpha value is -3.20. The maximum absolute atomic E-state index is 12.6. The summed E-state index contributed by atoms with van der Waals surface area (Å²) >= 11 is 0. The molecule has 3 aliphatic rings. The molecule has 1 aliphatic carbocycles. The number of rotatable bonds is 3. The minimum atomic E-state index is -0.0881.